The highest BCUT2D eigenvalue weighted by molar-refractivity contribution is 7.88. The molecule has 3 fully saturated rings. The van der Waals surface area contributed by atoms with Crippen molar-refractivity contribution in [2.45, 2.75) is 75.5 Å². The van der Waals surface area contributed by atoms with Gasteiger partial charge in [0, 0.05) is 36.8 Å². The smallest absolute Gasteiger partial charge is 0.226 e. The summed E-state index contributed by atoms with van der Waals surface area (Å²) in [5.74, 6) is 1.55. The Morgan fingerprint density at radius 3 is 2.47 bits per heavy atom. The summed E-state index contributed by atoms with van der Waals surface area (Å²) >= 11 is 0. The largest absolute Gasteiger partial charge is 0.376 e. The van der Waals surface area contributed by atoms with E-state index in [0.717, 1.165) is 57.2 Å². The maximum absolute atomic E-state index is 12.8. The van der Waals surface area contributed by atoms with Gasteiger partial charge in [-0.1, -0.05) is 0 Å². The molecule has 2 saturated carbocycles. The van der Waals surface area contributed by atoms with Crippen LogP contribution in [0.5, 0.6) is 0 Å². The van der Waals surface area contributed by atoms with Gasteiger partial charge in [-0.05, 0) is 57.4 Å². The number of carbonyl (C=O) groups excluding carboxylic acids is 1. The third-order valence-corrected chi connectivity index (χ3v) is 7.21. The Balaban J connectivity index is 1.36. The molecule has 9 heteroatoms. The van der Waals surface area contributed by atoms with Crippen molar-refractivity contribution in [3.05, 3.63) is 24.3 Å². The minimum atomic E-state index is -3.35. The zero-order valence-corrected chi connectivity index (χ0v) is 18.4. The first-order valence-corrected chi connectivity index (χ1v) is 13.0. The van der Waals surface area contributed by atoms with Crippen molar-refractivity contribution >= 4 is 15.9 Å². The number of likely N-dealkylation sites (tertiary alicyclic amines) is 1. The molecule has 0 radical (unpaired) electrons. The van der Waals surface area contributed by atoms with Crippen molar-refractivity contribution in [1.29, 1.82) is 0 Å². The molecule has 4 rings (SSSR count). The second-order valence-corrected chi connectivity index (χ2v) is 10.7. The summed E-state index contributed by atoms with van der Waals surface area (Å²) < 4.78 is 32.8. The number of ether oxygens (including phenoxy) is 1. The number of hydrogen-bond acceptors (Lipinski definition) is 6. The number of amides is 1. The van der Waals surface area contributed by atoms with E-state index >= 15 is 0 Å². The van der Waals surface area contributed by atoms with Crippen LogP contribution in [0, 0.1) is 5.92 Å². The Kier molecular flexibility index (Phi) is 6.69. The molecule has 0 aromatic carbocycles. The van der Waals surface area contributed by atoms with E-state index in [1.807, 2.05) is 11.0 Å². The van der Waals surface area contributed by atoms with Crippen LogP contribution in [0.25, 0.3) is 0 Å². The molecule has 2 atom stereocenters. The van der Waals surface area contributed by atoms with Gasteiger partial charge in [-0.15, -0.1) is 0 Å². The number of sulfonamides is 1. The summed E-state index contributed by atoms with van der Waals surface area (Å²) in [5.41, 5.74) is 0. The lowest BCUT2D eigenvalue weighted by Crippen LogP contribution is -2.59. The van der Waals surface area contributed by atoms with E-state index in [1.165, 1.54) is 6.26 Å². The molecule has 3 aliphatic rings. The van der Waals surface area contributed by atoms with Crippen LogP contribution in [0.15, 0.2) is 18.5 Å². The summed E-state index contributed by atoms with van der Waals surface area (Å²) in [6, 6.07) is 1.31. The highest BCUT2D eigenvalue weighted by atomic mass is 32.2. The van der Waals surface area contributed by atoms with Gasteiger partial charge >= 0.3 is 0 Å². The van der Waals surface area contributed by atoms with E-state index in [9.17, 15) is 13.2 Å². The highest BCUT2D eigenvalue weighted by Gasteiger charge is 2.41. The molecule has 30 heavy (non-hydrogen) atoms. The Bertz CT molecular complexity index is 823. The van der Waals surface area contributed by atoms with Gasteiger partial charge in [0.2, 0.25) is 15.9 Å². The zero-order valence-electron chi connectivity index (χ0n) is 17.6. The maximum atomic E-state index is 12.8. The number of hydrogen-bond donors (Lipinski definition) is 1. The molecule has 1 aliphatic heterocycles. The summed E-state index contributed by atoms with van der Waals surface area (Å²) in [5, 5.41) is 0. The standard InChI is InChI=1S/C21H32N4O4S/c1-30(27,28)24-18-4-2-13-25(21(26)16-5-6-16)19(18)14-29-17-9-7-15(8-10-17)20-22-11-3-12-23-20/h3,11-12,15-19,24H,2,4-10,13-14H2,1H3/t15?,17?,18-,19-/m0/s1. The second kappa shape index (κ2) is 9.28. The third kappa shape index (κ3) is 5.56. The van der Waals surface area contributed by atoms with Gasteiger partial charge in [-0.2, -0.15) is 0 Å². The van der Waals surface area contributed by atoms with E-state index in [1.54, 1.807) is 12.4 Å². The van der Waals surface area contributed by atoms with E-state index in [2.05, 4.69) is 14.7 Å². The van der Waals surface area contributed by atoms with Crippen LogP contribution in [0.2, 0.25) is 0 Å². The van der Waals surface area contributed by atoms with Crippen molar-refractivity contribution < 1.29 is 17.9 Å². The Morgan fingerprint density at radius 2 is 1.83 bits per heavy atom. The Labute approximate surface area is 178 Å². The van der Waals surface area contributed by atoms with Crippen LogP contribution in [0.3, 0.4) is 0 Å². The lowest BCUT2D eigenvalue weighted by molar-refractivity contribution is -0.139. The van der Waals surface area contributed by atoms with Crippen LogP contribution >= 0.6 is 0 Å². The topological polar surface area (TPSA) is 101 Å². The third-order valence-electron chi connectivity index (χ3n) is 6.48. The first kappa shape index (κ1) is 21.6. The van der Waals surface area contributed by atoms with Gasteiger partial charge in [0.1, 0.15) is 5.82 Å². The van der Waals surface area contributed by atoms with Gasteiger partial charge in [-0.25, -0.2) is 23.1 Å². The van der Waals surface area contributed by atoms with Crippen molar-refractivity contribution in [2.24, 2.45) is 5.92 Å². The fourth-order valence-corrected chi connectivity index (χ4v) is 5.58. The molecule has 1 saturated heterocycles. The van der Waals surface area contributed by atoms with E-state index in [0.29, 0.717) is 19.1 Å². The van der Waals surface area contributed by atoms with Gasteiger partial charge in [-0.3, -0.25) is 4.79 Å². The maximum Gasteiger partial charge on any atom is 0.226 e. The molecule has 1 aromatic heterocycles. The fraction of sp³-hybridized carbons (Fsp3) is 0.762. The van der Waals surface area contributed by atoms with Gasteiger partial charge in [0.15, 0.2) is 0 Å². The van der Waals surface area contributed by atoms with E-state index in [4.69, 9.17) is 4.74 Å². The summed E-state index contributed by atoms with van der Waals surface area (Å²) in [6.45, 7) is 1.06. The Morgan fingerprint density at radius 1 is 1.13 bits per heavy atom. The molecular weight excluding hydrogens is 404 g/mol. The first-order valence-electron chi connectivity index (χ1n) is 11.1. The normalized spacial score (nSPS) is 30.2. The highest BCUT2D eigenvalue weighted by Crippen LogP contribution is 2.35. The molecular formula is C21H32N4O4S. The van der Waals surface area contributed by atoms with Crippen molar-refractivity contribution in [1.82, 2.24) is 19.6 Å². The SMILES string of the molecule is CS(=O)(=O)N[C@H]1CCCN(C(=O)C2CC2)[C@H]1COC1CCC(c2ncccn2)CC1. The van der Waals surface area contributed by atoms with E-state index in [-0.39, 0.29) is 30.0 Å². The quantitative estimate of drug-likeness (QED) is 0.700. The van der Waals surface area contributed by atoms with Crippen molar-refractivity contribution in [3.63, 3.8) is 0 Å². The summed E-state index contributed by atoms with van der Waals surface area (Å²) in [6.07, 6.45) is 12.1. The molecule has 2 heterocycles. The van der Waals surface area contributed by atoms with Crippen LogP contribution in [0.4, 0.5) is 0 Å². The predicted molar refractivity (Wildman–Crippen MR) is 112 cm³/mol. The minimum Gasteiger partial charge on any atom is -0.376 e. The van der Waals surface area contributed by atoms with Crippen molar-refractivity contribution in [3.8, 4) is 0 Å². The number of piperidine rings is 1. The summed E-state index contributed by atoms with van der Waals surface area (Å²) in [7, 11) is -3.35. The van der Waals surface area contributed by atoms with Gasteiger partial charge in [0.05, 0.1) is 25.0 Å². The number of carbonyl (C=O) groups is 1. The monoisotopic (exact) mass is 436 g/mol. The molecule has 8 nitrogen and oxygen atoms in total. The average Bonchev–Trinajstić information content (AvgIpc) is 3.57. The molecule has 2 aliphatic carbocycles. The lowest BCUT2D eigenvalue weighted by Gasteiger charge is -2.42. The number of nitrogens with zero attached hydrogens (tertiary/aromatic N) is 3. The van der Waals surface area contributed by atoms with Crippen molar-refractivity contribution in [2.75, 3.05) is 19.4 Å². The molecule has 166 valence electrons. The van der Waals surface area contributed by atoms with Crippen LogP contribution in [0.1, 0.15) is 63.1 Å². The summed E-state index contributed by atoms with van der Waals surface area (Å²) in [4.78, 5) is 23.5. The zero-order chi connectivity index (χ0) is 21.1. The fourth-order valence-electron chi connectivity index (χ4n) is 4.76. The van der Waals surface area contributed by atoms with E-state index < -0.39 is 10.0 Å². The van der Waals surface area contributed by atoms with Crippen LogP contribution in [-0.4, -0.2) is 66.8 Å². The van der Waals surface area contributed by atoms with Gasteiger partial charge in [0.25, 0.3) is 0 Å². The number of nitrogens with one attached hydrogen (secondary N) is 1. The predicted octanol–water partition coefficient (Wildman–Crippen LogP) is 1.84. The molecule has 0 bridgehead atoms. The second-order valence-electron chi connectivity index (χ2n) is 8.93. The molecule has 1 N–H and O–H groups in total. The first-order chi connectivity index (χ1) is 14.4. The van der Waals surface area contributed by atoms with Crippen LogP contribution in [-0.2, 0) is 19.6 Å². The molecule has 1 amide bonds. The number of rotatable bonds is 7. The minimum absolute atomic E-state index is 0.116. The molecule has 1 aromatic rings. The molecule has 0 unspecified atom stereocenters. The molecule has 0 spiro atoms. The van der Waals surface area contributed by atoms with Gasteiger partial charge < -0.3 is 9.64 Å². The Hall–Kier alpha value is -1.58. The number of aromatic nitrogens is 2. The lowest BCUT2D eigenvalue weighted by atomic mass is 9.86. The average molecular weight is 437 g/mol. The van der Waals surface area contributed by atoms with Crippen LogP contribution < -0.4 is 4.72 Å².